The molecule has 2 rings (SSSR count). The van der Waals surface area contributed by atoms with Crippen LogP contribution in [0.2, 0.25) is 5.02 Å². The molecule has 1 aromatic carbocycles. The van der Waals surface area contributed by atoms with Gasteiger partial charge in [-0.2, -0.15) is 0 Å². The number of hydrogen-bond donors (Lipinski definition) is 1. The number of halogens is 1. The van der Waals surface area contributed by atoms with E-state index in [1.807, 2.05) is 6.07 Å². The number of anilines is 1. The van der Waals surface area contributed by atoms with E-state index in [1.54, 1.807) is 12.1 Å². The van der Waals surface area contributed by atoms with Crippen LogP contribution in [0.15, 0.2) is 18.2 Å². The highest BCUT2D eigenvalue weighted by Gasteiger charge is 2.27. The van der Waals surface area contributed by atoms with Gasteiger partial charge < -0.3 is 10.0 Å². The van der Waals surface area contributed by atoms with E-state index in [0.29, 0.717) is 22.5 Å². The Kier molecular flexibility index (Phi) is 4.35. The molecule has 1 aliphatic rings. The molecule has 0 saturated carbocycles. The maximum absolute atomic E-state index is 11.4. The Labute approximate surface area is 119 Å². The van der Waals surface area contributed by atoms with Crippen LogP contribution in [0.5, 0.6) is 0 Å². The van der Waals surface area contributed by atoms with Gasteiger partial charge in [-0.15, -0.1) is 0 Å². The molecule has 3 nitrogen and oxygen atoms in total. The highest BCUT2D eigenvalue weighted by molar-refractivity contribution is 6.31. The van der Waals surface area contributed by atoms with Crippen LogP contribution in [0.1, 0.15) is 43.5 Å². The van der Waals surface area contributed by atoms with E-state index in [2.05, 4.69) is 18.7 Å². The summed E-state index contributed by atoms with van der Waals surface area (Å²) in [5.74, 6) is -0.267. The van der Waals surface area contributed by atoms with E-state index < -0.39 is 5.97 Å². The molecular weight excluding hydrogens is 262 g/mol. The van der Waals surface area contributed by atoms with Gasteiger partial charge in [0.1, 0.15) is 0 Å². The zero-order valence-electron chi connectivity index (χ0n) is 11.4. The standard InChI is InChI=1S/C15H20ClNO2/c1-3-11-5-4-10(2)17(9-11)14-7-6-12(16)8-13(14)15(18)19/h6-8,10-11H,3-5,9H2,1-2H3,(H,18,19). The lowest BCUT2D eigenvalue weighted by molar-refractivity contribution is 0.0697. The number of carbonyl (C=O) groups is 1. The average molecular weight is 282 g/mol. The molecule has 1 saturated heterocycles. The van der Waals surface area contributed by atoms with Crippen molar-refractivity contribution in [1.82, 2.24) is 0 Å². The van der Waals surface area contributed by atoms with Gasteiger partial charge in [0.05, 0.1) is 11.3 Å². The fourth-order valence-corrected chi connectivity index (χ4v) is 2.95. The summed E-state index contributed by atoms with van der Waals surface area (Å²) in [6.45, 7) is 5.28. The fraction of sp³-hybridized carbons (Fsp3) is 0.533. The molecule has 2 atom stereocenters. The van der Waals surface area contributed by atoms with Gasteiger partial charge in [-0.05, 0) is 43.9 Å². The largest absolute Gasteiger partial charge is 0.478 e. The Morgan fingerprint density at radius 3 is 2.84 bits per heavy atom. The van der Waals surface area contributed by atoms with Gasteiger partial charge in [0.15, 0.2) is 0 Å². The Morgan fingerprint density at radius 2 is 2.21 bits per heavy atom. The summed E-state index contributed by atoms with van der Waals surface area (Å²) in [6, 6.07) is 5.52. The van der Waals surface area contributed by atoms with Crippen molar-refractivity contribution in [2.75, 3.05) is 11.4 Å². The van der Waals surface area contributed by atoms with Crippen molar-refractivity contribution in [3.8, 4) is 0 Å². The van der Waals surface area contributed by atoms with E-state index in [9.17, 15) is 9.90 Å². The summed E-state index contributed by atoms with van der Waals surface area (Å²) in [5.41, 5.74) is 1.10. The molecule has 104 valence electrons. The van der Waals surface area contributed by atoms with E-state index >= 15 is 0 Å². The molecule has 19 heavy (non-hydrogen) atoms. The van der Waals surface area contributed by atoms with Gasteiger partial charge >= 0.3 is 5.97 Å². The lowest BCUT2D eigenvalue weighted by atomic mass is 9.90. The molecule has 0 spiro atoms. The van der Waals surface area contributed by atoms with Gasteiger partial charge in [-0.1, -0.05) is 24.9 Å². The summed E-state index contributed by atoms with van der Waals surface area (Å²) < 4.78 is 0. The van der Waals surface area contributed by atoms with Crippen molar-refractivity contribution >= 4 is 23.3 Å². The van der Waals surface area contributed by atoms with Crippen LogP contribution in [0.3, 0.4) is 0 Å². The van der Waals surface area contributed by atoms with Crippen LogP contribution < -0.4 is 4.90 Å². The molecule has 0 bridgehead atoms. The van der Waals surface area contributed by atoms with Gasteiger partial charge in [-0.25, -0.2) is 4.79 Å². The minimum Gasteiger partial charge on any atom is -0.478 e. The highest BCUT2D eigenvalue weighted by Crippen LogP contribution is 2.32. The summed E-state index contributed by atoms with van der Waals surface area (Å²) in [7, 11) is 0. The second-order valence-electron chi connectivity index (χ2n) is 5.32. The molecule has 2 unspecified atom stereocenters. The van der Waals surface area contributed by atoms with Crippen LogP contribution >= 0.6 is 11.6 Å². The van der Waals surface area contributed by atoms with Gasteiger partial charge in [0, 0.05) is 17.6 Å². The quantitative estimate of drug-likeness (QED) is 0.908. The number of carboxylic acid groups (broad SMARTS) is 1. The molecule has 4 heteroatoms. The second kappa shape index (κ2) is 5.83. The first-order valence-electron chi connectivity index (χ1n) is 6.82. The van der Waals surface area contributed by atoms with Crippen molar-refractivity contribution in [2.45, 2.75) is 39.2 Å². The van der Waals surface area contributed by atoms with Crippen LogP contribution in [0.4, 0.5) is 5.69 Å². The minimum atomic E-state index is -0.914. The molecule has 1 aromatic rings. The van der Waals surface area contributed by atoms with Crippen molar-refractivity contribution in [1.29, 1.82) is 0 Å². The van der Waals surface area contributed by atoms with Crippen LogP contribution in [-0.4, -0.2) is 23.7 Å². The van der Waals surface area contributed by atoms with Crippen LogP contribution in [0.25, 0.3) is 0 Å². The minimum absolute atomic E-state index is 0.302. The predicted molar refractivity (Wildman–Crippen MR) is 78.2 cm³/mol. The Bertz CT molecular complexity index is 475. The van der Waals surface area contributed by atoms with Crippen LogP contribution in [-0.2, 0) is 0 Å². The van der Waals surface area contributed by atoms with Crippen molar-refractivity contribution in [3.63, 3.8) is 0 Å². The Balaban J connectivity index is 2.36. The molecule has 1 N–H and O–H groups in total. The van der Waals surface area contributed by atoms with E-state index in [1.165, 1.54) is 6.42 Å². The summed E-state index contributed by atoms with van der Waals surface area (Å²) in [6.07, 6.45) is 3.48. The first kappa shape index (κ1) is 14.2. The number of aromatic carboxylic acids is 1. The van der Waals surface area contributed by atoms with Gasteiger partial charge in [0.25, 0.3) is 0 Å². The fourth-order valence-electron chi connectivity index (χ4n) is 2.78. The zero-order chi connectivity index (χ0) is 14.0. The molecule has 0 aromatic heterocycles. The third kappa shape index (κ3) is 3.03. The number of benzene rings is 1. The SMILES string of the molecule is CCC1CCC(C)N(c2ccc(Cl)cc2C(=O)O)C1. The van der Waals surface area contributed by atoms with Crippen molar-refractivity contribution < 1.29 is 9.90 Å². The molecule has 0 radical (unpaired) electrons. The molecule has 0 aliphatic carbocycles. The van der Waals surface area contributed by atoms with E-state index in [0.717, 1.165) is 25.1 Å². The number of nitrogens with zero attached hydrogens (tertiary/aromatic N) is 1. The number of hydrogen-bond acceptors (Lipinski definition) is 2. The Hall–Kier alpha value is -1.22. The lowest BCUT2D eigenvalue weighted by Crippen LogP contribution is -2.42. The second-order valence-corrected chi connectivity index (χ2v) is 5.76. The smallest absolute Gasteiger partial charge is 0.337 e. The molecular formula is C15H20ClNO2. The highest BCUT2D eigenvalue weighted by atomic mass is 35.5. The van der Waals surface area contributed by atoms with Crippen molar-refractivity contribution in [2.24, 2.45) is 5.92 Å². The summed E-state index contributed by atoms with van der Waals surface area (Å²) >= 11 is 5.91. The number of piperidine rings is 1. The molecule has 1 fully saturated rings. The number of carboxylic acids is 1. The maximum Gasteiger partial charge on any atom is 0.337 e. The monoisotopic (exact) mass is 281 g/mol. The maximum atomic E-state index is 11.4. The first-order chi connectivity index (χ1) is 9.02. The van der Waals surface area contributed by atoms with E-state index in [-0.39, 0.29) is 0 Å². The predicted octanol–water partition coefficient (Wildman–Crippen LogP) is 4.05. The van der Waals surface area contributed by atoms with E-state index in [4.69, 9.17) is 11.6 Å². The van der Waals surface area contributed by atoms with Gasteiger partial charge in [0.2, 0.25) is 0 Å². The average Bonchev–Trinajstić information content (AvgIpc) is 2.39. The molecule has 1 heterocycles. The number of rotatable bonds is 3. The first-order valence-corrected chi connectivity index (χ1v) is 7.20. The topological polar surface area (TPSA) is 40.5 Å². The summed E-state index contributed by atoms with van der Waals surface area (Å²) in [4.78, 5) is 13.6. The summed E-state index contributed by atoms with van der Waals surface area (Å²) in [5, 5.41) is 9.82. The normalized spacial score (nSPS) is 23.4. The van der Waals surface area contributed by atoms with Crippen molar-refractivity contribution in [3.05, 3.63) is 28.8 Å². The molecule has 1 aliphatic heterocycles. The van der Waals surface area contributed by atoms with Gasteiger partial charge in [-0.3, -0.25) is 0 Å². The molecule has 0 amide bonds. The Morgan fingerprint density at radius 1 is 1.47 bits per heavy atom. The third-order valence-corrected chi connectivity index (χ3v) is 4.29. The zero-order valence-corrected chi connectivity index (χ0v) is 12.2. The lowest BCUT2D eigenvalue weighted by Gasteiger charge is -2.40. The third-order valence-electron chi connectivity index (χ3n) is 4.06. The van der Waals surface area contributed by atoms with Crippen LogP contribution in [0, 0.1) is 5.92 Å².